The van der Waals surface area contributed by atoms with Crippen LogP contribution in [0.1, 0.15) is 38.5 Å². The third kappa shape index (κ3) is 5.04. The summed E-state index contributed by atoms with van der Waals surface area (Å²) in [6.07, 6.45) is 6.30. The summed E-state index contributed by atoms with van der Waals surface area (Å²) in [6.45, 7) is 5.29. The van der Waals surface area contributed by atoms with Gasteiger partial charge < -0.3 is 14.7 Å². The molecular formula is C15H28N2O3. The first-order valence-electron chi connectivity index (χ1n) is 8.02. The summed E-state index contributed by atoms with van der Waals surface area (Å²) < 4.78 is 5.68. The zero-order valence-electron chi connectivity index (χ0n) is 12.4. The molecule has 0 saturated carbocycles. The summed E-state index contributed by atoms with van der Waals surface area (Å²) in [5, 5.41) is 8.98. The van der Waals surface area contributed by atoms with Gasteiger partial charge in [0.25, 0.3) is 0 Å². The molecule has 0 spiro atoms. The van der Waals surface area contributed by atoms with Crippen molar-refractivity contribution in [1.82, 2.24) is 9.80 Å². The highest BCUT2D eigenvalue weighted by atomic mass is 16.5. The highest BCUT2D eigenvalue weighted by Crippen LogP contribution is 2.17. The van der Waals surface area contributed by atoms with Crippen LogP contribution in [-0.2, 0) is 9.53 Å². The Hall–Kier alpha value is -0.650. The van der Waals surface area contributed by atoms with Gasteiger partial charge in [-0.05, 0) is 38.6 Å². The molecule has 1 unspecified atom stereocenters. The number of β-amino-alcohol motifs (C(OH)–C–C–N with tert-alkyl or cyclic N) is 1. The number of hydrogen-bond acceptors (Lipinski definition) is 4. The molecule has 1 N–H and O–H groups in total. The van der Waals surface area contributed by atoms with Crippen LogP contribution < -0.4 is 0 Å². The van der Waals surface area contributed by atoms with E-state index in [9.17, 15) is 4.79 Å². The maximum atomic E-state index is 12.3. The number of hydrogen-bond donors (Lipinski definition) is 1. The third-order valence-corrected chi connectivity index (χ3v) is 4.31. The number of ether oxygens (including phenoxy) is 1. The van der Waals surface area contributed by atoms with Crippen molar-refractivity contribution in [2.75, 3.05) is 45.9 Å². The van der Waals surface area contributed by atoms with E-state index < -0.39 is 0 Å². The average molecular weight is 284 g/mol. The third-order valence-electron chi connectivity index (χ3n) is 4.31. The van der Waals surface area contributed by atoms with Gasteiger partial charge in [0, 0.05) is 39.2 Å². The van der Waals surface area contributed by atoms with Crippen molar-refractivity contribution < 1.29 is 14.6 Å². The minimum absolute atomic E-state index is 0.201. The Morgan fingerprint density at radius 3 is 2.80 bits per heavy atom. The maximum Gasteiger partial charge on any atom is 0.222 e. The Kier molecular flexibility index (Phi) is 6.76. The van der Waals surface area contributed by atoms with Gasteiger partial charge in [-0.3, -0.25) is 9.69 Å². The van der Waals surface area contributed by atoms with E-state index in [0.717, 1.165) is 65.0 Å². The molecule has 0 radical (unpaired) electrons. The molecule has 20 heavy (non-hydrogen) atoms. The zero-order chi connectivity index (χ0) is 14.2. The van der Waals surface area contributed by atoms with E-state index in [4.69, 9.17) is 9.84 Å². The number of aliphatic hydroxyl groups excluding tert-OH is 1. The summed E-state index contributed by atoms with van der Waals surface area (Å²) in [7, 11) is 0. The minimum atomic E-state index is 0.201. The summed E-state index contributed by atoms with van der Waals surface area (Å²) in [6, 6.07) is 0. The van der Waals surface area contributed by atoms with E-state index in [1.807, 2.05) is 4.90 Å². The lowest BCUT2D eigenvalue weighted by atomic mass is 10.0. The molecule has 2 aliphatic rings. The van der Waals surface area contributed by atoms with Crippen molar-refractivity contribution in [2.24, 2.45) is 0 Å². The molecular weight excluding hydrogens is 256 g/mol. The van der Waals surface area contributed by atoms with E-state index in [0.29, 0.717) is 12.5 Å². The second-order valence-corrected chi connectivity index (χ2v) is 5.83. The van der Waals surface area contributed by atoms with E-state index in [1.165, 1.54) is 6.42 Å². The lowest BCUT2D eigenvalue weighted by Gasteiger charge is -2.25. The quantitative estimate of drug-likeness (QED) is 0.813. The van der Waals surface area contributed by atoms with Gasteiger partial charge in [0.05, 0.1) is 12.7 Å². The summed E-state index contributed by atoms with van der Waals surface area (Å²) in [5.74, 6) is 0.269. The highest BCUT2D eigenvalue weighted by molar-refractivity contribution is 5.76. The fourth-order valence-corrected chi connectivity index (χ4v) is 3.06. The Morgan fingerprint density at radius 1 is 1.15 bits per heavy atom. The summed E-state index contributed by atoms with van der Waals surface area (Å²) >= 11 is 0. The topological polar surface area (TPSA) is 53.0 Å². The number of amides is 1. The lowest BCUT2D eigenvalue weighted by Crippen LogP contribution is -2.36. The van der Waals surface area contributed by atoms with Crippen LogP contribution in [0.3, 0.4) is 0 Å². The molecule has 2 heterocycles. The predicted octanol–water partition coefficient (Wildman–Crippen LogP) is 0.862. The van der Waals surface area contributed by atoms with Crippen LogP contribution in [0.5, 0.6) is 0 Å². The molecule has 0 aromatic rings. The number of rotatable bonds is 5. The van der Waals surface area contributed by atoms with Gasteiger partial charge in [-0.1, -0.05) is 0 Å². The maximum absolute atomic E-state index is 12.3. The van der Waals surface area contributed by atoms with E-state index >= 15 is 0 Å². The predicted molar refractivity (Wildman–Crippen MR) is 77.5 cm³/mol. The van der Waals surface area contributed by atoms with Crippen LogP contribution in [0.2, 0.25) is 0 Å². The molecule has 1 atom stereocenters. The molecule has 2 aliphatic heterocycles. The van der Waals surface area contributed by atoms with Crippen molar-refractivity contribution in [3.05, 3.63) is 0 Å². The van der Waals surface area contributed by atoms with Crippen LogP contribution in [-0.4, -0.2) is 72.9 Å². The van der Waals surface area contributed by atoms with Gasteiger partial charge in [-0.15, -0.1) is 0 Å². The lowest BCUT2D eigenvalue weighted by molar-refractivity contribution is -0.132. The van der Waals surface area contributed by atoms with E-state index in [1.54, 1.807) is 0 Å². The van der Waals surface area contributed by atoms with Gasteiger partial charge in [0.15, 0.2) is 0 Å². The first kappa shape index (κ1) is 15.7. The number of aliphatic hydroxyl groups is 1. The molecule has 116 valence electrons. The van der Waals surface area contributed by atoms with Crippen LogP contribution in [0, 0.1) is 0 Å². The molecule has 0 bridgehead atoms. The molecule has 1 amide bonds. The molecule has 5 nitrogen and oxygen atoms in total. The first-order chi connectivity index (χ1) is 9.79. The summed E-state index contributed by atoms with van der Waals surface area (Å²) in [5.41, 5.74) is 0. The second kappa shape index (κ2) is 8.60. The smallest absolute Gasteiger partial charge is 0.222 e. The number of carbonyl (C=O) groups is 1. The Morgan fingerprint density at radius 2 is 2.05 bits per heavy atom. The number of nitrogens with zero attached hydrogens (tertiary/aromatic N) is 2. The Bertz CT molecular complexity index is 293. The molecule has 2 fully saturated rings. The average Bonchev–Trinajstić information content (AvgIpc) is 2.72. The van der Waals surface area contributed by atoms with Crippen molar-refractivity contribution >= 4 is 5.91 Å². The number of carbonyl (C=O) groups excluding carboxylic acids is 1. The van der Waals surface area contributed by atoms with Gasteiger partial charge in [-0.2, -0.15) is 0 Å². The van der Waals surface area contributed by atoms with Crippen LogP contribution in [0.25, 0.3) is 0 Å². The normalized spacial score (nSPS) is 25.4. The van der Waals surface area contributed by atoms with Crippen LogP contribution in [0.15, 0.2) is 0 Å². The Balaban J connectivity index is 1.69. The second-order valence-electron chi connectivity index (χ2n) is 5.83. The largest absolute Gasteiger partial charge is 0.395 e. The first-order valence-corrected chi connectivity index (χ1v) is 8.02. The standard InChI is InChI=1S/C15H28N2O3/c18-12-11-16-7-3-8-17(10-9-16)15(19)6-5-14-4-1-2-13-20-14/h14,18H,1-13H2. The van der Waals surface area contributed by atoms with Crippen molar-refractivity contribution in [2.45, 2.75) is 44.6 Å². The Labute approximate surface area is 121 Å². The van der Waals surface area contributed by atoms with Gasteiger partial charge >= 0.3 is 0 Å². The fourth-order valence-electron chi connectivity index (χ4n) is 3.06. The van der Waals surface area contributed by atoms with Crippen molar-refractivity contribution in [3.63, 3.8) is 0 Å². The minimum Gasteiger partial charge on any atom is -0.395 e. The molecule has 2 saturated heterocycles. The monoisotopic (exact) mass is 284 g/mol. The van der Waals surface area contributed by atoms with E-state index in [-0.39, 0.29) is 12.5 Å². The van der Waals surface area contributed by atoms with Gasteiger partial charge in [0.1, 0.15) is 0 Å². The van der Waals surface area contributed by atoms with Crippen molar-refractivity contribution in [3.8, 4) is 0 Å². The van der Waals surface area contributed by atoms with Crippen molar-refractivity contribution in [1.29, 1.82) is 0 Å². The highest BCUT2D eigenvalue weighted by Gasteiger charge is 2.21. The molecule has 0 aromatic carbocycles. The van der Waals surface area contributed by atoms with E-state index in [2.05, 4.69) is 4.90 Å². The van der Waals surface area contributed by atoms with Crippen LogP contribution >= 0.6 is 0 Å². The summed E-state index contributed by atoms with van der Waals surface area (Å²) in [4.78, 5) is 16.5. The SMILES string of the molecule is O=C(CCC1CCCCO1)N1CCCN(CCO)CC1. The van der Waals surface area contributed by atoms with Crippen LogP contribution in [0.4, 0.5) is 0 Å². The molecule has 0 aromatic heterocycles. The molecule has 2 rings (SSSR count). The fraction of sp³-hybridized carbons (Fsp3) is 0.933. The van der Waals surface area contributed by atoms with Gasteiger partial charge in [0.2, 0.25) is 5.91 Å². The van der Waals surface area contributed by atoms with Gasteiger partial charge in [-0.25, -0.2) is 0 Å². The molecule has 5 heteroatoms. The zero-order valence-corrected chi connectivity index (χ0v) is 12.4. The molecule has 0 aliphatic carbocycles.